The lowest BCUT2D eigenvalue weighted by molar-refractivity contribution is -0.155. The van der Waals surface area contributed by atoms with Gasteiger partial charge in [0.05, 0.1) is 12.2 Å². The SMILES string of the molecule is CCOc1ccc(-c2ccc(O)c3c2C[C@H]2C[C@H]4[C@H](C(C)C)C(=O)C(C(N)=O)=C(O)[C@@]4(O)C(=O)C2=C3O)cc1CNC(=O)NC(C)(C)C. The molecule has 0 unspecified atom stereocenters. The number of phenols is 1. The van der Waals surface area contributed by atoms with Crippen molar-refractivity contribution in [3.05, 3.63) is 63.9 Å². The Balaban J connectivity index is 1.62. The normalized spacial score (nSPS) is 23.8. The highest BCUT2D eigenvalue weighted by atomic mass is 16.5. The number of Topliss-reactive ketones (excluding diaryl/α,β-unsaturated/α-hetero) is 2. The highest BCUT2D eigenvalue weighted by Gasteiger charge is 2.64. The summed E-state index contributed by atoms with van der Waals surface area (Å²) < 4.78 is 5.82. The number of urea groups is 1. The molecule has 0 aliphatic heterocycles. The molecule has 5 rings (SSSR count). The summed E-state index contributed by atoms with van der Waals surface area (Å²) >= 11 is 0. The van der Waals surface area contributed by atoms with Crippen molar-refractivity contribution >= 4 is 29.3 Å². The Morgan fingerprint density at radius 3 is 2.40 bits per heavy atom. The Morgan fingerprint density at radius 1 is 1.10 bits per heavy atom. The Labute approximate surface area is 278 Å². The Bertz CT molecular complexity index is 1790. The highest BCUT2D eigenvalue weighted by Crippen LogP contribution is 2.55. The van der Waals surface area contributed by atoms with Crippen molar-refractivity contribution in [3.63, 3.8) is 0 Å². The number of rotatable bonds is 7. The van der Waals surface area contributed by atoms with Crippen LogP contribution in [0.2, 0.25) is 0 Å². The predicted molar refractivity (Wildman–Crippen MR) is 177 cm³/mol. The number of phenolic OH excluding ortho intramolecular Hbond substituents is 1. The molecule has 3 aliphatic rings. The van der Waals surface area contributed by atoms with Crippen molar-refractivity contribution in [2.75, 3.05) is 6.61 Å². The van der Waals surface area contributed by atoms with Crippen molar-refractivity contribution in [2.45, 2.75) is 72.1 Å². The third kappa shape index (κ3) is 5.67. The number of amides is 3. The van der Waals surface area contributed by atoms with Crippen LogP contribution in [0, 0.1) is 23.7 Å². The molecule has 0 aromatic heterocycles. The maximum Gasteiger partial charge on any atom is 0.315 e. The van der Waals surface area contributed by atoms with Crippen molar-refractivity contribution in [1.29, 1.82) is 0 Å². The Morgan fingerprint density at radius 2 is 1.79 bits per heavy atom. The molecule has 1 fully saturated rings. The van der Waals surface area contributed by atoms with Gasteiger partial charge in [-0.15, -0.1) is 0 Å². The molecule has 0 heterocycles. The first-order valence-corrected chi connectivity index (χ1v) is 16.1. The molecule has 12 heteroatoms. The van der Waals surface area contributed by atoms with Gasteiger partial charge < -0.3 is 41.5 Å². The van der Waals surface area contributed by atoms with Gasteiger partial charge in [0.1, 0.15) is 28.6 Å². The zero-order chi connectivity index (χ0) is 35.5. The second-order valence-corrected chi connectivity index (χ2v) is 14.1. The van der Waals surface area contributed by atoms with Gasteiger partial charge in [-0.3, -0.25) is 14.4 Å². The van der Waals surface area contributed by atoms with E-state index < -0.39 is 69.4 Å². The monoisotopic (exact) mass is 661 g/mol. The zero-order valence-electron chi connectivity index (χ0n) is 27.9. The minimum absolute atomic E-state index is 0.00171. The van der Waals surface area contributed by atoms with Gasteiger partial charge in [0, 0.05) is 35.1 Å². The lowest BCUT2D eigenvalue weighted by Gasteiger charge is -2.50. The summed E-state index contributed by atoms with van der Waals surface area (Å²) in [7, 11) is 0. The van der Waals surface area contributed by atoms with Crippen molar-refractivity contribution < 1.29 is 44.3 Å². The van der Waals surface area contributed by atoms with Crippen LogP contribution in [0.1, 0.15) is 64.7 Å². The average Bonchev–Trinajstić information content (AvgIpc) is 2.97. The topological polar surface area (TPSA) is 209 Å². The number of benzene rings is 2. The van der Waals surface area contributed by atoms with Crippen LogP contribution in [0.15, 0.2) is 47.2 Å². The second kappa shape index (κ2) is 12.3. The summed E-state index contributed by atoms with van der Waals surface area (Å²) in [6.45, 7) is 11.4. The van der Waals surface area contributed by atoms with E-state index in [-0.39, 0.29) is 42.3 Å². The highest BCUT2D eigenvalue weighted by molar-refractivity contribution is 6.23. The molecule has 0 radical (unpaired) electrons. The summed E-state index contributed by atoms with van der Waals surface area (Å²) in [5, 5.41) is 51.3. The van der Waals surface area contributed by atoms with Crippen LogP contribution in [0.5, 0.6) is 11.5 Å². The number of aliphatic hydroxyl groups is 3. The van der Waals surface area contributed by atoms with Gasteiger partial charge in [0.2, 0.25) is 5.78 Å². The average molecular weight is 662 g/mol. The predicted octanol–water partition coefficient (Wildman–Crippen LogP) is 3.97. The maximum absolute atomic E-state index is 14.2. The van der Waals surface area contributed by atoms with E-state index in [0.29, 0.717) is 34.6 Å². The number of hydrogen-bond acceptors (Lipinski definition) is 9. The molecule has 4 atom stereocenters. The van der Waals surface area contributed by atoms with Crippen molar-refractivity contribution in [3.8, 4) is 22.6 Å². The lowest BCUT2D eigenvalue weighted by atomic mass is 9.54. The number of nitrogens with one attached hydrogen (secondary N) is 2. The number of aromatic hydroxyl groups is 1. The van der Waals surface area contributed by atoms with E-state index in [1.165, 1.54) is 6.07 Å². The standard InChI is InChI=1S/C36H43N3O9/c1-7-48-24-11-8-17(12-19(24)15-38-34(46)39-35(4,5)6)20-9-10-23(40)27-21(20)13-18-14-22-25(16(2)3)29(41)28(33(37)45)32(44)36(22,47)31(43)26(18)30(27)42/h8-12,16,18,22,25,40,42,44,47H,7,13-15H2,1-6H3,(H2,37,45)(H2,38,39,46)/t18-,22-,25-,36-/m0/s1. The Kier molecular flexibility index (Phi) is 8.85. The number of aliphatic hydroxyl groups excluding tert-OH is 2. The molecule has 0 saturated heterocycles. The van der Waals surface area contributed by atoms with Crippen LogP contribution in [-0.4, -0.2) is 61.7 Å². The zero-order valence-corrected chi connectivity index (χ0v) is 27.9. The molecular formula is C36H43N3O9. The first kappa shape index (κ1) is 34.5. The molecule has 0 bridgehead atoms. The van der Waals surface area contributed by atoms with Gasteiger partial charge >= 0.3 is 6.03 Å². The van der Waals surface area contributed by atoms with E-state index in [9.17, 15) is 39.6 Å². The van der Waals surface area contributed by atoms with Crippen molar-refractivity contribution in [1.82, 2.24) is 10.6 Å². The summed E-state index contributed by atoms with van der Waals surface area (Å²) in [5.41, 5.74) is 3.83. The van der Waals surface area contributed by atoms with E-state index in [2.05, 4.69) is 10.6 Å². The number of ether oxygens (including phenoxy) is 1. The second-order valence-electron chi connectivity index (χ2n) is 14.1. The number of fused-ring (bicyclic) bond motifs is 3. The van der Waals surface area contributed by atoms with E-state index in [4.69, 9.17) is 10.5 Å². The molecule has 3 amide bonds. The number of primary amides is 1. The van der Waals surface area contributed by atoms with E-state index in [1.54, 1.807) is 26.0 Å². The quantitative estimate of drug-likeness (QED) is 0.214. The van der Waals surface area contributed by atoms with Crippen LogP contribution in [-0.2, 0) is 27.3 Å². The van der Waals surface area contributed by atoms with Gasteiger partial charge in [0.25, 0.3) is 5.91 Å². The molecule has 2 aromatic rings. The first-order valence-electron chi connectivity index (χ1n) is 16.1. The van der Waals surface area contributed by atoms with Gasteiger partial charge in [0.15, 0.2) is 11.4 Å². The minimum atomic E-state index is -2.67. The number of ketones is 2. The molecule has 256 valence electrons. The third-order valence-corrected chi connectivity index (χ3v) is 9.45. The molecule has 0 spiro atoms. The molecule has 1 saturated carbocycles. The first-order chi connectivity index (χ1) is 22.4. The smallest absolute Gasteiger partial charge is 0.315 e. The molecule has 3 aliphatic carbocycles. The number of hydrogen-bond donors (Lipinski definition) is 7. The van der Waals surface area contributed by atoms with Crippen LogP contribution >= 0.6 is 0 Å². The van der Waals surface area contributed by atoms with Crippen LogP contribution < -0.4 is 21.1 Å². The molecule has 8 N–H and O–H groups in total. The molecular weight excluding hydrogens is 618 g/mol. The number of carbonyl (C=O) groups is 4. The minimum Gasteiger partial charge on any atom is -0.508 e. The summed E-state index contributed by atoms with van der Waals surface area (Å²) in [4.78, 5) is 52.3. The van der Waals surface area contributed by atoms with Crippen LogP contribution in [0.25, 0.3) is 16.9 Å². The van der Waals surface area contributed by atoms with E-state index in [0.717, 1.165) is 0 Å². The number of nitrogens with two attached hydrogens (primary N) is 1. The molecule has 48 heavy (non-hydrogen) atoms. The lowest BCUT2D eigenvalue weighted by Crippen LogP contribution is -2.62. The fourth-order valence-electron chi connectivity index (χ4n) is 7.50. The van der Waals surface area contributed by atoms with Gasteiger partial charge in [-0.25, -0.2) is 4.79 Å². The fraction of sp³-hybridized carbons (Fsp3) is 0.444. The summed E-state index contributed by atoms with van der Waals surface area (Å²) in [5.74, 6) is -7.70. The third-order valence-electron chi connectivity index (χ3n) is 9.45. The van der Waals surface area contributed by atoms with E-state index >= 15 is 0 Å². The van der Waals surface area contributed by atoms with Gasteiger partial charge in [-0.1, -0.05) is 26.0 Å². The van der Waals surface area contributed by atoms with E-state index in [1.807, 2.05) is 39.8 Å². The van der Waals surface area contributed by atoms with Gasteiger partial charge in [-0.05, 0) is 87.3 Å². The molecule has 2 aromatic carbocycles. The Hall–Kier alpha value is -4.84. The fourth-order valence-corrected chi connectivity index (χ4v) is 7.50. The molecule has 12 nitrogen and oxygen atoms in total. The number of carbonyl (C=O) groups excluding carboxylic acids is 4. The van der Waals surface area contributed by atoms with Crippen LogP contribution in [0.3, 0.4) is 0 Å². The largest absolute Gasteiger partial charge is 0.508 e. The van der Waals surface area contributed by atoms with Gasteiger partial charge in [-0.2, -0.15) is 0 Å². The van der Waals surface area contributed by atoms with Crippen LogP contribution in [0.4, 0.5) is 4.79 Å². The summed E-state index contributed by atoms with van der Waals surface area (Å²) in [6, 6.07) is 8.17. The summed E-state index contributed by atoms with van der Waals surface area (Å²) in [6.07, 6.45) is 0.167. The van der Waals surface area contributed by atoms with Crippen molar-refractivity contribution in [2.24, 2.45) is 29.4 Å². The maximum atomic E-state index is 14.2.